The van der Waals surface area contributed by atoms with E-state index in [2.05, 4.69) is 10.4 Å². The lowest BCUT2D eigenvalue weighted by atomic mass is 10.0. The number of nitrogens with zero attached hydrogens (tertiary/aromatic N) is 3. The summed E-state index contributed by atoms with van der Waals surface area (Å²) in [5, 5.41) is 15.5. The summed E-state index contributed by atoms with van der Waals surface area (Å²) in [4.78, 5) is 23.6. The van der Waals surface area contributed by atoms with E-state index in [0.717, 1.165) is 5.69 Å². The van der Waals surface area contributed by atoms with Crippen LogP contribution in [0.3, 0.4) is 0 Å². The number of aromatic nitrogens is 2. The van der Waals surface area contributed by atoms with Gasteiger partial charge in [0.05, 0.1) is 18.2 Å². The molecule has 2 heterocycles. The lowest BCUT2D eigenvalue weighted by Crippen LogP contribution is -2.56. The summed E-state index contributed by atoms with van der Waals surface area (Å²) in [7, 11) is 1.80. The highest BCUT2D eigenvalue weighted by atomic mass is 16.4. The number of hydrogen-bond acceptors (Lipinski definition) is 3. The van der Waals surface area contributed by atoms with Crippen molar-refractivity contribution >= 4 is 12.0 Å². The van der Waals surface area contributed by atoms with Crippen molar-refractivity contribution in [2.75, 3.05) is 13.1 Å². The van der Waals surface area contributed by atoms with Gasteiger partial charge < -0.3 is 15.3 Å². The summed E-state index contributed by atoms with van der Waals surface area (Å²) in [5.74, 6) is -1.27. The number of likely N-dealkylation sites (tertiary alicyclic amines) is 1. The van der Waals surface area contributed by atoms with Crippen LogP contribution in [-0.2, 0) is 18.4 Å². The molecule has 0 aromatic carbocycles. The molecule has 0 saturated carbocycles. The monoisotopic (exact) mass is 238 g/mol. The maximum Gasteiger partial charge on any atom is 0.317 e. The largest absolute Gasteiger partial charge is 0.481 e. The zero-order chi connectivity index (χ0) is 12.4. The maximum atomic E-state index is 11.6. The van der Waals surface area contributed by atoms with Gasteiger partial charge in [0, 0.05) is 26.3 Å². The lowest BCUT2D eigenvalue weighted by Gasteiger charge is -2.36. The average Bonchev–Trinajstić information content (AvgIpc) is 2.58. The first-order chi connectivity index (χ1) is 8.06. The number of carboxylic acid groups (broad SMARTS) is 1. The van der Waals surface area contributed by atoms with Gasteiger partial charge in [-0.3, -0.25) is 9.48 Å². The van der Waals surface area contributed by atoms with Crippen LogP contribution in [0.1, 0.15) is 5.69 Å². The van der Waals surface area contributed by atoms with Crippen molar-refractivity contribution in [1.82, 2.24) is 20.0 Å². The molecule has 2 N–H and O–H groups in total. The first-order valence-corrected chi connectivity index (χ1v) is 5.30. The summed E-state index contributed by atoms with van der Waals surface area (Å²) in [6, 6.07) is 1.57. The minimum absolute atomic E-state index is 0.242. The Bertz CT molecular complexity index is 437. The van der Waals surface area contributed by atoms with E-state index in [1.54, 1.807) is 17.9 Å². The molecule has 2 amide bonds. The predicted octanol–water partition coefficient (Wildman–Crippen LogP) is -0.354. The Labute approximate surface area is 98.0 Å². The van der Waals surface area contributed by atoms with Gasteiger partial charge in [0.25, 0.3) is 0 Å². The molecular formula is C10H14N4O3. The molecule has 92 valence electrons. The molecule has 1 aliphatic heterocycles. The van der Waals surface area contributed by atoms with Gasteiger partial charge in [0.15, 0.2) is 0 Å². The predicted molar refractivity (Wildman–Crippen MR) is 58.1 cm³/mol. The Hall–Kier alpha value is -2.05. The highest BCUT2D eigenvalue weighted by molar-refractivity contribution is 5.79. The fraction of sp³-hybridized carbons (Fsp3) is 0.500. The van der Waals surface area contributed by atoms with E-state index in [1.165, 1.54) is 4.90 Å². The van der Waals surface area contributed by atoms with Crippen LogP contribution in [0.25, 0.3) is 0 Å². The third-order valence-electron chi connectivity index (χ3n) is 2.71. The Morgan fingerprint density at radius 3 is 2.82 bits per heavy atom. The third kappa shape index (κ3) is 2.55. The SMILES string of the molecule is Cn1ccc(CNC(=O)N2CC(C(=O)O)C2)n1. The van der Waals surface area contributed by atoms with E-state index in [1.807, 2.05) is 6.07 Å². The van der Waals surface area contributed by atoms with Crippen LogP contribution in [-0.4, -0.2) is 44.9 Å². The van der Waals surface area contributed by atoms with Crippen LogP contribution in [0, 0.1) is 5.92 Å². The molecule has 17 heavy (non-hydrogen) atoms. The highest BCUT2D eigenvalue weighted by Crippen LogP contribution is 2.15. The second kappa shape index (κ2) is 4.44. The second-order valence-corrected chi connectivity index (χ2v) is 4.08. The van der Waals surface area contributed by atoms with Crippen molar-refractivity contribution in [3.05, 3.63) is 18.0 Å². The number of aryl methyl sites for hydroxylation is 1. The molecule has 1 fully saturated rings. The summed E-state index contributed by atoms with van der Waals surface area (Å²) < 4.78 is 1.66. The molecule has 1 aromatic heterocycles. The standard InChI is InChI=1S/C10H14N4O3/c1-13-3-2-8(12-13)4-11-10(17)14-5-7(6-14)9(15)16/h2-3,7H,4-6H2,1H3,(H,11,17)(H,15,16). The van der Waals surface area contributed by atoms with Crippen LogP contribution in [0.5, 0.6) is 0 Å². The fourth-order valence-electron chi connectivity index (χ4n) is 1.64. The van der Waals surface area contributed by atoms with E-state index >= 15 is 0 Å². The van der Waals surface area contributed by atoms with Crippen LogP contribution in [0.15, 0.2) is 12.3 Å². The summed E-state index contributed by atoms with van der Waals surface area (Å²) in [5.41, 5.74) is 0.774. The molecule has 1 saturated heterocycles. The van der Waals surface area contributed by atoms with Crippen molar-refractivity contribution in [2.45, 2.75) is 6.54 Å². The van der Waals surface area contributed by atoms with Gasteiger partial charge in [-0.1, -0.05) is 0 Å². The van der Waals surface area contributed by atoms with Gasteiger partial charge in [-0.05, 0) is 6.07 Å². The van der Waals surface area contributed by atoms with E-state index in [0.29, 0.717) is 6.54 Å². The molecule has 0 bridgehead atoms. The first kappa shape index (κ1) is 11.4. The summed E-state index contributed by atoms with van der Waals surface area (Å²) >= 11 is 0. The lowest BCUT2D eigenvalue weighted by molar-refractivity contribution is -0.146. The minimum Gasteiger partial charge on any atom is -0.481 e. The number of amides is 2. The van der Waals surface area contributed by atoms with E-state index < -0.39 is 11.9 Å². The Kier molecular flexibility index (Phi) is 2.99. The zero-order valence-corrected chi connectivity index (χ0v) is 9.46. The van der Waals surface area contributed by atoms with Crippen LogP contribution < -0.4 is 5.32 Å². The molecule has 1 aromatic rings. The van der Waals surface area contributed by atoms with Gasteiger partial charge in [0.1, 0.15) is 0 Å². The smallest absolute Gasteiger partial charge is 0.317 e. The quantitative estimate of drug-likeness (QED) is 0.753. The number of carbonyl (C=O) groups excluding carboxylic acids is 1. The number of nitrogens with one attached hydrogen (secondary N) is 1. The summed E-state index contributed by atoms with van der Waals surface area (Å²) in [6.07, 6.45) is 1.80. The molecule has 0 radical (unpaired) electrons. The zero-order valence-electron chi connectivity index (χ0n) is 9.46. The Morgan fingerprint density at radius 2 is 2.29 bits per heavy atom. The molecule has 7 nitrogen and oxygen atoms in total. The van der Waals surface area contributed by atoms with Gasteiger partial charge >= 0.3 is 12.0 Å². The molecule has 0 aliphatic carbocycles. The number of aliphatic carboxylic acids is 1. The fourth-order valence-corrected chi connectivity index (χ4v) is 1.64. The number of rotatable bonds is 3. The van der Waals surface area contributed by atoms with Gasteiger partial charge in [-0.25, -0.2) is 4.79 Å². The Balaban J connectivity index is 1.74. The molecule has 7 heteroatoms. The molecule has 0 unspecified atom stereocenters. The Morgan fingerprint density at radius 1 is 1.59 bits per heavy atom. The van der Waals surface area contributed by atoms with E-state index in [-0.39, 0.29) is 19.1 Å². The van der Waals surface area contributed by atoms with Crippen molar-refractivity contribution < 1.29 is 14.7 Å². The first-order valence-electron chi connectivity index (χ1n) is 5.30. The maximum absolute atomic E-state index is 11.6. The van der Waals surface area contributed by atoms with Crippen molar-refractivity contribution in [3.63, 3.8) is 0 Å². The highest BCUT2D eigenvalue weighted by Gasteiger charge is 2.35. The molecule has 0 spiro atoms. The molecule has 2 rings (SSSR count). The van der Waals surface area contributed by atoms with Crippen molar-refractivity contribution in [3.8, 4) is 0 Å². The second-order valence-electron chi connectivity index (χ2n) is 4.08. The van der Waals surface area contributed by atoms with E-state index in [4.69, 9.17) is 5.11 Å². The average molecular weight is 238 g/mol. The van der Waals surface area contributed by atoms with Crippen molar-refractivity contribution in [2.24, 2.45) is 13.0 Å². The normalized spacial score (nSPS) is 15.5. The summed E-state index contributed by atoms with van der Waals surface area (Å²) in [6.45, 7) is 0.917. The molecular weight excluding hydrogens is 224 g/mol. The number of hydrogen-bond donors (Lipinski definition) is 2. The topological polar surface area (TPSA) is 87.5 Å². The van der Waals surface area contributed by atoms with Gasteiger partial charge in [0.2, 0.25) is 0 Å². The van der Waals surface area contributed by atoms with Crippen LogP contribution in [0.4, 0.5) is 4.79 Å². The van der Waals surface area contributed by atoms with Crippen molar-refractivity contribution in [1.29, 1.82) is 0 Å². The van der Waals surface area contributed by atoms with E-state index in [9.17, 15) is 9.59 Å². The molecule has 0 atom stereocenters. The van der Waals surface area contributed by atoms with Crippen LogP contribution >= 0.6 is 0 Å². The number of carboxylic acids is 1. The number of urea groups is 1. The molecule has 1 aliphatic rings. The third-order valence-corrected chi connectivity index (χ3v) is 2.71. The number of carbonyl (C=O) groups is 2. The van der Waals surface area contributed by atoms with Gasteiger partial charge in [-0.2, -0.15) is 5.10 Å². The van der Waals surface area contributed by atoms with Gasteiger partial charge in [-0.15, -0.1) is 0 Å². The van der Waals surface area contributed by atoms with Crippen LogP contribution in [0.2, 0.25) is 0 Å². The minimum atomic E-state index is -0.848.